The van der Waals surface area contributed by atoms with Gasteiger partial charge in [0.2, 0.25) is 5.43 Å². The van der Waals surface area contributed by atoms with Gasteiger partial charge in [-0.1, -0.05) is 29.8 Å². The van der Waals surface area contributed by atoms with Gasteiger partial charge in [0.25, 0.3) is 5.91 Å². The monoisotopic (exact) mass is 524 g/mol. The Balaban J connectivity index is 1.67. The van der Waals surface area contributed by atoms with Crippen LogP contribution in [0.1, 0.15) is 46.4 Å². The lowest BCUT2D eigenvalue weighted by atomic mass is 9.90. The summed E-state index contributed by atoms with van der Waals surface area (Å²) in [5, 5.41) is 8.28. The standard InChI is InChI=1S/C28H33ClN4O4/c1-32(2)11-4-5-21-14-20(13-19-10-12-37-24(34)16-19)15-23-26(21)33(3)31-25(27(23)35)28(36)30-17-18-6-8-22(29)9-7-18/h6-9,14-15,19H,4-5,10-13,16-17H2,1-3H3,(H,30,36). The van der Waals surface area contributed by atoms with Crippen LogP contribution in [0.3, 0.4) is 0 Å². The van der Waals surface area contributed by atoms with E-state index >= 15 is 0 Å². The van der Waals surface area contributed by atoms with Crippen molar-refractivity contribution >= 4 is 34.4 Å². The van der Waals surface area contributed by atoms with Crippen LogP contribution < -0.4 is 10.7 Å². The molecule has 1 fully saturated rings. The Morgan fingerprint density at radius 2 is 1.95 bits per heavy atom. The molecule has 8 nitrogen and oxygen atoms in total. The molecule has 0 spiro atoms. The molecule has 9 heteroatoms. The van der Waals surface area contributed by atoms with E-state index in [4.69, 9.17) is 16.3 Å². The average molecular weight is 525 g/mol. The molecule has 1 aliphatic heterocycles. The number of ether oxygens (including phenoxy) is 1. The smallest absolute Gasteiger partial charge is 0.306 e. The van der Waals surface area contributed by atoms with Gasteiger partial charge in [-0.05, 0) is 87.1 Å². The van der Waals surface area contributed by atoms with Crippen LogP contribution in [0.4, 0.5) is 0 Å². The molecule has 1 N–H and O–H groups in total. The third-order valence-electron chi connectivity index (χ3n) is 6.68. The number of nitrogens with one attached hydrogen (secondary N) is 1. The maximum atomic E-state index is 13.6. The summed E-state index contributed by atoms with van der Waals surface area (Å²) in [7, 11) is 5.83. The van der Waals surface area contributed by atoms with Gasteiger partial charge in [0.1, 0.15) is 0 Å². The zero-order valence-electron chi connectivity index (χ0n) is 21.6. The van der Waals surface area contributed by atoms with Crippen LogP contribution in [-0.2, 0) is 36.0 Å². The summed E-state index contributed by atoms with van der Waals surface area (Å²) >= 11 is 5.94. The summed E-state index contributed by atoms with van der Waals surface area (Å²) in [6.07, 6.45) is 3.54. The van der Waals surface area contributed by atoms with Crippen LogP contribution in [-0.4, -0.2) is 53.8 Å². The Labute approximate surface area is 221 Å². The van der Waals surface area contributed by atoms with Crippen molar-refractivity contribution in [3.8, 4) is 0 Å². The summed E-state index contributed by atoms with van der Waals surface area (Å²) < 4.78 is 6.74. The SMILES string of the molecule is CN(C)CCCc1cc(CC2CCOC(=O)C2)cc2c(=O)c(C(=O)NCc3ccc(Cl)cc3)nn(C)c12. The number of carbonyl (C=O) groups is 2. The highest BCUT2D eigenvalue weighted by Crippen LogP contribution is 2.26. The molecule has 1 unspecified atom stereocenters. The summed E-state index contributed by atoms with van der Waals surface area (Å²) in [5.74, 6) is -0.531. The van der Waals surface area contributed by atoms with Gasteiger partial charge < -0.3 is 15.0 Å². The predicted octanol–water partition coefficient (Wildman–Crippen LogP) is 3.51. The number of aromatic nitrogens is 2. The Morgan fingerprint density at radius 1 is 1.19 bits per heavy atom. The second-order valence-electron chi connectivity index (χ2n) is 9.95. The molecule has 2 aromatic carbocycles. The van der Waals surface area contributed by atoms with E-state index < -0.39 is 5.91 Å². The van der Waals surface area contributed by atoms with Crippen LogP contribution in [0.15, 0.2) is 41.2 Å². The van der Waals surface area contributed by atoms with E-state index in [1.165, 1.54) is 0 Å². The first-order valence-electron chi connectivity index (χ1n) is 12.6. The van der Waals surface area contributed by atoms with Gasteiger partial charge >= 0.3 is 5.97 Å². The number of esters is 1. The topological polar surface area (TPSA) is 93.5 Å². The molecule has 0 radical (unpaired) electrons. The van der Waals surface area contributed by atoms with Gasteiger partial charge in [0.05, 0.1) is 17.5 Å². The van der Waals surface area contributed by atoms with E-state index in [0.717, 1.165) is 48.0 Å². The Morgan fingerprint density at radius 3 is 2.65 bits per heavy atom. The highest BCUT2D eigenvalue weighted by molar-refractivity contribution is 6.30. The molecule has 0 saturated carbocycles. The predicted molar refractivity (Wildman–Crippen MR) is 144 cm³/mol. The molecule has 1 atom stereocenters. The number of halogens is 1. The summed E-state index contributed by atoms with van der Waals surface area (Å²) in [6, 6.07) is 11.1. The normalized spacial score (nSPS) is 15.7. The number of carbonyl (C=O) groups excluding carboxylic acids is 2. The first-order chi connectivity index (χ1) is 17.7. The minimum Gasteiger partial charge on any atom is -0.466 e. The maximum absolute atomic E-state index is 13.6. The summed E-state index contributed by atoms with van der Waals surface area (Å²) in [4.78, 5) is 40.5. The average Bonchev–Trinajstić information content (AvgIpc) is 2.85. The lowest BCUT2D eigenvalue weighted by Gasteiger charge is -2.22. The number of benzene rings is 2. The molecule has 1 amide bonds. The number of nitrogens with zero attached hydrogens (tertiary/aromatic N) is 3. The van der Waals surface area contributed by atoms with Gasteiger partial charge in [-0.15, -0.1) is 0 Å². The third-order valence-corrected chi connectivity index (χ3v) is 6.94. The maximum Gasteiger partial charge on any atom is 0.306 e. The number of aryl methyl sites for hydroxylation is 2. The third kappa shape index (κ3) is 6.76. The molecule has 0 aliphatic carbocycles. The second-order valence-corrected chi connectivity index (χ2v) is 10.4. The van der Waals surface area contributed by atoms with Gasteiger partial charge in [0, 0.05) is 25.0 Å². The van der Waals surface area contributed by atoms with Gasteiger partial charge in [-0.3, -0.25) is 19.1 Å². The summed E-state index contributed by atoms with van der Waals surface area (Å²) in [5.41, 5.74) is 3.09. The van der Waals surface area contributed by atoms with E-state index in [-0.39, 0.29) is 29.6 Å². The van der Waals surface area contributed by atoms with Crippen molar-refractivity contribution in [1.82, 2.24) is 20.0 Å². The lowest BCUT2D eigenvalue weighted by molar-refractivity contribution is -0.149. The molecule has 1 saturated heterocycles. The van der Waals surface area contributed by atoms with Crippen LogP contribution >= 0.6 is 11.6 Å². The molecule has 1 aliphatic rings. The molecular formula is C28H33ClN4O4. The van der Waals surface area contributed by atoms with E-state index in [0.29, 0.717) is 29.9 Å². The molecule has 196 valence electrons. The fourth-order valence-electron chi connectivity index (χ4n) is 4.84. The van der Waals surface area contributed by atoms with Gasteiger partial charge in [-0.2, -0.15) is 5.10 Å². The number of cyclic esters (lactones) is 1. The van der Waals surface area contributed by atoms with E-state index in [9.17, 15) is 14.4 Å². The highest BCUT2D eigenvalue weighted by atomic mass is 35.5. The number of rotatable bonds is 9. The fourth-order valence-corrected chi connectivity index (χ4v) is 4.97. The Kier molecular flexibility index (Phi) is 8.61. The van der Waals surface area contributed by atoms with E-state index in [1.54, 1.807) is 23.9 Å². The van der Waals surface area contributed by atoms with Crippen molar-refractivity contribution in [3.63, 3.8) is 0 Å². The number of amides is 1. The van der Waals surface area contributed by atoms with E-state index in [1.807, 2.05) is 32.3 Å². The van der Waals surface area contributed by atoms with E-state index in [2.05, 4.69) is 21.4 Å². The largest absolute Gasteiger partial charge is 0.466 e. The first-order valence-corrected chi connectivity index (χ1v) is 12.9. The first kappa shape index (κ1) is 26.8. The molecule has 1 aromatic heterocycles. The number of hydrogen-bond acceptors (Lipinski definition) is 6. The van der Waals surface area contributed by atoms with Crippen molar-refractivity contribution in [2.45, 2.75) is 38.6 Å². The highest BCUT2D eigenvalue weighted by Gasteiger charge is 2.23. The van der Waals surface area contributed by atoms with Crippen LogP contribution in [0.25, 0.3) is 10.9 Å². The Hall–Kier alpha value is -3.23. The molecule has 3 aromatic rings. The molecule has 0 bridgehead atoms. The van der Waals surface area contributed by atoms with Crippen molar-refractivity contribution in [1.29, 1.82) is 0 Å². The molecule has 4 rings (SSSR count). The molecule has 37 heavy (non-hydrogen) atoms. The van der Waals surface area contributed by atoms with Crippen molar-refractivity contribution < 1.29 is 14.3 Å². The van der Waals surface area contributed by atoms with Crippen LogP contribution in [0.5, 0.6) is 0 Å². The number of fused-ring (bicyclic) bond motifs is 1. The lowest BCUT2D eigenvalue weighted by Crippen LogP contribution is -2.31. The van der Waals surface area contributed by atoms with Crippen LogP contribution in [0, 0.1) is 5.92 Å². The van der Waals surface area contributed by atoms with Crippen LogP contribution in [0.2, 0.25) is 5.02 Å². The zero-order chi connectivity index (χ0) is 26.5. The van der Waals surface area contributed by atoms with Crippen molar-refractivity contribution in [2.75, 3.05) is 27.2 Å². The van der Waals surface area contributed by atoms with Crippen molar-refractivity contribution in [3.05, 3.63) is 74.0 Å². The van der Waals surface area contributed by atoms with Crippen molar-refractivity contribution in [2.24, 2.45) is 13.0 Å². The quantitative estimate of drug-likeness (QED) is 0.431. The van der Waals surface area contributed by atoms with Gasteiger partial charge in [0.15, 0.2) is 5.69 Å². The zero-order valence-corrected chi connectivity index (χ0v) is 22.3. The number of hydrogen-bond donors (Lipinski definition) is 1. The molecular weight excluding hydrogens is 492 g/mol. The Bertz CT molecular complexity index is 1350. The molecule has 2 heterocycles. The fraction of sp³-hybridized carbons (Fsp3) is 0.429. The minimum atomic E-state index is -0.521. The second kappa shape index (κ2) is 11.9. The van der Waals surface area contributed by atoms with Gasteiger partial charge in [-0.25, -0.2) is 0 Å². The minimum absolute atomic E-state index is 0.137. The summed E-state index contributed by atoms with van der Waals surface area (Å²) in [6.45, 7) is 1.59.